The van der Waals surface area contributed by atoms with Crippen LogP contribution in [0.5, 0.6) is 0 Å². The third-order valence-corrected chi connectivity index (χ3v) is 5.11. The molecule has 0 radical (unpaired) electrons. The SMILES string of the molecule is CCn1c(SCC(=O)Nc2ccccc2C(=O)NC(C)C)nc2ccccc21. The van der Waals surface area contributed by atoms with Crippen LogP contribution in [0.1, 0.15) is 31.1 Å². The first-order chi connectivity index (χ1) is 13.5. The number of carbonyl (C=O) groups excluding carboxylic acids is 2. The van der Waals surface area contributed by atoms with E-state index in [0.717, 1.165) is 22.7 Å². The Hall–Kier alpha value is -2.80. The molecular formula is C21H24N4O2S. The van der Waals surface area contributed by atoms with Gasteiger partial charge in [-0.2, -0.15) is 0 Å². The molecule has 0 atom stereocenters. The molecule has 1 aromatic heterocycles. The van der Waals surface area contributed by atoms with E-state index in [-0.39, 0.29) is 23.6 Å². The molecule has 0 fully saturated rings. The minimum Gasteiger partial charge on any atom is -0.350 e. The van der Waals surface area contributed by atoms with Gasteiger partial charge in [0.1, 0.15) is 0 Å². The number of benzene rings is 2. The first-order valence-electron chi connectivity index (χ1n) is 9.27. The maximum atomic E-state index is 12.5. The van der Waals surface area contributed by atoms with Crippen molar-refractivity contribution in [1.82, 2.24) is 14.9 Å². The van der Waals surface area contributed by atoms with Crippen molar-refractivity contribution >= 4 is 40.3 Å². The van der Waals surface area contributed by atoms with Gasteiger partial charge in [-0.25, -0.2) is 4.98 Å². The van der Waals surface area contributed by atoms with Crippen LogP contribution in [0.3, 0.4) is 0 Å². The number of amides is 2. The number of hydrogen-bond acceptors (Lipinski definition) is 4. The number of fused-ring (bicyclic) bond motifs is 1. The smallest absolute Gasteiger partial charge is 0.253 e. The predicted molar refractivity (Wildman–Crippen MR) is 114 cm³/mol. The molecular weight excluding hydrogens is 372 g/mol. The van der Waals surface area contributed by atoms with Crippen molar-refractivity contribution in [2.45, 2.75) is 38.5 Å². The number of para-hydroxylation sites is 3. The zero-order valence-electron chi connectivity index (χ0n) is 16.2. The van der Waals surface area contributed by atoms with Crippen molar-refractivity contribution in [2.75, 3.05) is 11.1 Å². The summed E-state index contributed by atoms with van der Waals surface area (Å²) in [5.41, 5.74) is 2.94. The van der Waals surface area contributed by atoms with E-state index in [1.807, 2.05) is 38.1 Å². The van der Waals surface area contributed by atoms with E-state index in [1.165, 1.54) is 11.8 Å². The van der Waals surface area contributed by atoms with Gasteiger partial charge < -0.3 is 15.2 Å². The molecule has 7 heteroatoms. The molecule has 28 heavy (non-hydrogen) atoms. The molecule has 2 N–H and O–H groups in total. The van der Waals surface area contributed by atoms with E-state index in [9.17, 15) is 9.59 Å². The molecule has 0 bridgehead atoms. The number of thioether (sulfide) groups is 1. The summed E-state index contributed by atoms with van der Waals surface area (Å²) in [7, 11) is 0. The fraction of sp³-hybridized carbons (Fsp3) is 0.286. The number of aryl methyl sites for hydroxylation is 1. The number of aromatic nitrogens is 2. The third kappa shape index (κ3) is 4.54. The fourth-order valence-electron chi connectivity index (χ4n) is 2.92. The minimum absolute atomic E-state index is 0.0221. The monoisotopic (exact) mass is 396 g/mol. The van der Waals surface area contributed by atoms with E-state index in [2.05, 4.69) is 27.1 Å². The van der Waals surface area contributed by atoms with Crippen molar-refractivity contribution < 1.29 is 9.59 Å². The van der Waals surface area contributed by atoms with E-state index in [4.69, 9.17) is 0 Å². The van der Waals surface area contributed by atoms with Crippen molar-refractivity contribution in [3.05, 3.63) is 54.1 Å². The van der Waals surface area contributed by atoms with E-state index >= 15 is 0 Å². The highest BCUT2D eigenvalue weighted by Gasteiger charge is 2.15. The van der Waals surface area contributed by atoms with Crippen molar-refractivity contribution in [3.63, 3.8) is 0 Å². The Kier molecular flexibility index (Phi) is 6.36. The molecule has 0 aliphatic carbocycles. The number of anilines is 1. The highest BCUT2D eigenvalue weighted by Crippen LogP contribution is 2.24. The highest BCUT2D eigenvalue weighted by atomic mass is 32.2. The van der Waals surface area contributed by atoms with E-state index < -0.39 is 0 Å². The zero-order valence-corrected chi connectivity index (χ0v) is 17.0. The summed E-state index contributed by atoms with van der Waals surface area (Å²) in [6.07, 6.45) is 0. The number of imidazole rings is 1. The zero-order chi connectivity index (χ0) is 20.1. The molecule has 0 saturated carbocycles. The Morgan fingerprint density at radius 2 is 1.82 bits per heavy atom. The molecule has 2 amide bonds. The highest BCUT2D eigenvalue weighted by molar-refractivity contribution is 7.99. The molecule has 0 saturated heterocycles. The average Bonchev–Trinajstić information content (AvgIpc) is 3.03. The van der Waals surface area contributed by atoms with Gasteiger partial charge in [0.25, 0.3) is 5.91 Å². The molecule has 1 heterocycles. The van der Waals surface area contributed by atoms with Crippen LogP contribution < -0.4 is 10.6 Å². The number of carbonyl (C=O) groups is 2. The summed E-state index contributed by atoms with van der Waals surface area (Å²) in [6.45, 7) is 6.63. The van der Waals surface area contributed by atoms with Gasteiger partial charge in [0, 0.05) is 12.6 Å². The first-order valence-corrected chi connectivity index (χ1v) is 10.3. The van der Waals surface area contributed by atoms with Crippen LogP contribution in [0.4, 0.5) is 5.69 Å². The molecule has 3 rings (SSSR count). The summed E-state index contributed by atoms with van der Waals surface area (Å²) in [5.74, 6) is -0.167. The summed E-state index contributed by atoms with van der Waals surface area (Å²) in [5, 5.41) is 6.51. The largest absolute Gasteiger partial charge is 0.350 e. The molecule has 0 aliphatic heterocycles. The average molecular weight is 397 g/mol. The lowest BCUT2D eigenvalue weighted by Gasteiger charge is -2.13. The first kappa shape index (κ1) is 19.9. The van der Waals surface area contributed by atoms with Gasteiger partial charge in [0.2, 0.25) is 5.91 Å². The van der Waals surface area contributed by atoms with Crippen LogP contribution in [-0.2, 0) is 11.3 Å². The van der Waals surface area contributed by atoms with E-state index in [0.29, 0.717) is 11.3 Å². The molecule has 3 aromatic rings. The fourth-order valence-corrected chi connectivity index (χ4v) is 3.79. The molecule has 6 nitrogen and oxygen atoms in total. The summed E-state index contributed by atoms with van der Waals surface area (Å²) in [4.78, 5) is 29.5. The summed E-state index contributed by atoms with van der Waals surface area (Å²) < 4.78 is 2.09. The maximum absolute atomic E-state index is 12.5. The maximum Gasteiger partial charge on any atom is 0.253 e. The summed E-state index contributed by atoms with van der Waals surface area (Å²) in [6, 6.07) is 15.0. The Bertz CT molecular complexity index is 997. The van der Waals surface area contributed by atoms with Crippen LogP contribution in [0.2, 0.25) is 0 Å². The Morgan fingerprint density at radius 1 is 1.11 bits per heavy atom. The quantitative estimate of drug-likeness (QED) is 0.594. The second kappa shape index (κ2) is 8.93. The lowest BCUT2D eigenvalue weighted by Crippen LogP contribution is -2.31. The Morgan fingerprint density at radius 3 is 2.57 bits per heavy atom. The van der Waals surface area contributed by atoms with Crippen LogP contribution in [0.25, 0.3) is 11.0 Å². The van der Waals surface area contributed by atoms with Crippen molar-refractivity contribution in [3.8, 4) is 0 Å². The number of rotatable bonds is 7. The number of hydrogen-bond donors (Lipinski definition) is 2. The van der Waals surface area contributed by atoms with Gasteiger partial charge in [-0.3, -0.25) is 9.59 Å². The van der Waals surface area contributed by atoms with Gasteiger partial charge >= 0.3 is 0 Å². The Balaban J connectivity index is 1.70. The van der Waals surface area contributed by atoms with Gasteiger partial charge in [-0.1, -0.05) is 36.0 Å². The predicted octanol–water partition coefficient (Wildman–Crippen LogP) is 3.93. The molecule has 0 spiro atoms. The second-order valence-electron chi connectivity index (χ2n) is 6.64. The van der Waals surface area contributed by atoms with Crippen LogP contribution >= 0.6 is 11.8 Å². The molecule has 0 aliphatic rings. The molecule has 2 aromatic carbocycles. The summed E-state index contributed by atoms with van der Waals surface area (Å²) >= 11 is 1.39. The third-order valence-electron chi connectivity index (χ3n) is 4.13. The van der Waals surface area contributed by atoms with Crippen LogP contribution in [-0.4, -0.2) is 33.2 Å². The topological polar surface area (TPSA) is 76.0 Å². The Labute approximate surface area is 168 Å². The van der Waals surface area contributed by atoms with Crippen molar-refractivity contribution in [2.24, 2.45) is 0 Å². The standard InChI is InChI=1S/C21H24N4O2S/c1-4-25-18-12-8-7-11-17(18)24-21(25)28-13-19(26)23-16-10-6-5-9-15(16)20(27)22-14(2)3/h5-12,14H,4,13H2,1-3H3,(H,22,27)(H,23,26). The second-order valence-corrected chi connectivity index (χ2v) is 7.58. The molecule has 0 unspecified atom stereocenters. The van der Waals surface area contributed by atoms with Gasteiger partial charge in [0.05, 0.1) is 28.0 Å². The normalized spacial score (nSPS) is 11.0. The molecule has 146 valence electrons. The number of nitrogens with one attached hydrogen (secondary N) is 2. The van der Waals surface area contributed by atoms with Crippen LogP contribution in [0.15, 0.2) is 53.7 Å². The number of nitrogens with zero attached hydrogens (tertiary/aromatic N) is 2. The van der Waals surface area contributed by atoms with Gasteiger partial charge in [-0.05, 0) is 45.0 Å². The van der Waals surface area contributed by atoms with Crippen LogP contribution in [0, 0.1) is 0 Å². The van der Waals surface area contributed by atoms with Gasteiger partial charge in [-0.15, -0.1) is 0 Å². The minimum atomic E-state index is -0.202. The van der Waals surface area contributed by atoms with Gasteiger partial charge in [0.15, 0.2) is 5.16 Å². The van der Waals surface area contributed by atoms with E-state index in [1.54, 1.807) is 24.3 Å². The lowest BCUT2D eigenvalue weighted by atomic mass is 10.1. The lowest BCUT2D eigenvalue weighted by molar-refractivity contribution is -0.113. The van der Waals surface area contributed by atoms with Crippen molar-refractivity contribution in [1.29, 1.82) is 0 Å².